The number of hydrogen-bond acceptors (Lipinski definition) is 4. The van der Waals surface area contributed by atoms with Crippen molar-refractivity contribution in [2.24, 2.45) is 0 Å². The Bertz CT molecular complexity index is 1150. The molecule has 1 N–H and O–H groups in total. The van der Waals surface area contributed by atoms with Crippen LogP contribution in [0.15, 0.2) is 75.3 Å². The quantitative estimate of drug-likeness (QED) is 0.327. The zero-order valence-electron chi connectivity index (χ0n) is 15.9. The molecule has 2 heterocycles. The normalized spacial score (nSPS) is 18.2. The molecule has 1 aliphatic heterocycles. The summed E-state index contributed by atoms with van der Waals surface area (Å²) in [5.74, 6) is -2.01. The monoisotopic (exact) mass is 469 g/mol. The first-order valence-corrected chi connectivity index (χ1v) is 9.99. The number of rotatable bonds is 4. The Morgan fingerprint density at radius 2 is 1.90 bits per heavy atom. The summed E-state index contributed by atoms with van der Waals surface area (Å²) in [6.45, 7) is 1.65. The van der Waals surface area contributed by atoms with Crippen LogP contribution < -0.4 is 0 Å². The van der Waals surface area contributed by atoms with E-state index in [2.05, 4.69) is 15.9 Å². The molecule has 7 heteroatoms. The van der Waals surface area contributed by atoms with Gasteiger partial charge < -0.3 is 14.4 Å². The molecule has 30 heavy (non-hydrogen) atoms. The molecule has 0 bridgehead atoms. The lowest BCUT2D eigenvalue weighted by molar-refractivity contribution is -0.140. The summed E-state index contributed by atoms with van der Waals surface area (Å²) in [4.78, 5) is 27.1. The van der Waals surface area contributed by atoms with Crippen LogP contribution in [-0.2, 0) is 16.1 Å². The van der Waals surface area contributed by atoms with Gasteiger partial charge in [-0.15, -0.1) is 0 Å². The molecular formula is C23H17BrFNO4. The van der Waals surface area contributed by atoms with Crippen LogP contribution in [0.1, 0.15) is 28.5 Å². The van der Waals surface area contributed by atoms with Crippen LogP contribution in [0.25, 0.3) is 5.76 Å². The summed E-state index contributed by atoms with van der Waals surface area (Å²) in [6.07, 6.45) is 1.48. The van der Waals surface area contributed by atoms with E-state index in [1.54, 1.807) is 43.3 Å². The number of nitrogens with zero attached hydrogens (tertiary/aromatic N) is 1. The fraction of sp³-hybridized carbons (Fsp3) is 0.130. The predicted octanol–water partition coefficient (Wildman–Crippen LogP) is 5.11. The van der Waals surface area contributed by atoms with Crippen molar-refractivity contribution in [1.29, 1.82) is 0 Å². The van der Waals surface area contributed by atoms with Crippen LogP contribution in [0.2, 0.25) is 0 Å². The van der Waals surface area contributed by atoms with E-state index in [4.69, 9.17) is 4.42 Å². The highest BCUT2D eigenvalue weighted by atomic mass is 79.9. The van der Waals surface area contributed by atoms with Crippen molar-refractivity contribution in [2.75, 3.05) is 0 Å². The van der Waals surface area contributed by atoms with Gasteiger partial charge in [0.1, 0.15) is 17.3 Å². The molecule has 1 fully saturated rings. The second-order valence-corrected chi connectivity index (χ2v) is 7.94. The number of hydrogen-bond donors (Lipinski definition) is 1. The molecule has 152 valence electrons. The van der Waals surface area contributed by atoms with Crippen molar-refractivity contribution in [3.63, 3.8) is 0 Å². The molecule has 5 nitrogen and oxygen atoms in total. The number of ketones is 1. The lowest BCUT2D eigenvalue weighted by atomic mass is 9.95. The van der Waals surface area contributed by atoms with Crippen LogP contribution in [0.5, 0.6) is 0 Å². The van der Waals surface area contributed by atoms with E-state index in [0.717, 1.165) is 10.5 Å². The highest BCUT2D eigenvalue weighted by Crippen LogP contribution is 2.40. The highest BCUT2D eigenvalue weighted by Gasteiger charge is 2.46. The number of halogens is 2. The number of benzene rings is 2. The first kappa shape index (κ1) is 20.1. The van der Waals surface area contributed by atoms with Crippen LogP contribution >= 0.6 is 15.9 Å². The molecule has 1 aliphatic rings. The zero-order valence-corrected chi connectivity index (χ0v) is 17.5. The molecule has 0 radical (unpaired) electrons. The van der Waals surface area contributed by atoms with E-state index < -0.39 is 29.3 Å². The number of furan rings is 1. The molecule has 2 aromatic carbocycles. The van der Waals surface area contributed by atoms with Gasteiger partial charge in [-0.2, -0.15) is 0 Å². The molecular weight excluding hydrogens is 453 g/mol. The van der Waals surface area contributed by atoms with Gasteiger partial charge in [-0.25, -0.2) is 4.39 Å². The largest absolute Gasteiger partial charge is 0.507 e. The van der Waals surface area contributed by atoms with Gasteiger partial charge in [-0.05, 0) is 48.4 Å². The number of aliphatic hydroxyl groups is 1. The molecule has 1 aromatic heterocycles. The fourth-order valence-corrected chi connectivity index (χ4v) is 3.77. The Morgan fingerprint density at radius 1 is 1.17 bits per heavy atom. The number of aryl methyl sites for hydroxylation is 1. The number of carbonyl (C=O) groups excluding carboxylic acids is 2. The maximum atomic E-state index is 14.1. The lowest BCUT2D eigenvalue weighted by Gasteiger charge is -2.24. The first-order valence-electron chi connectivity index (χ1n) is 9.19. The predicted molar refractivity (Wildman–Crippen MR) is 112 cm³/mol. The number of likely N-dealkylation sites (tertiary alicyclic amines) is 1. The van der Waals surface area contributed by atoms with Gasteiger partial charge in [0.05, 0.1) is 24.4 Å². The Morgan fingerprint density at radius 3 is 2.53 bits per heavy atom. The summed E-state index contributed by atoms with van der Waals surface area (Å²) < 4.78 is 20.3. The summed E-state index contributed by atoms with van der Waals surface area (Å²) in [7, 11) is 0. The van der Waals surface area contributed by atoms with Crippen molar-refractivity contribution in [1.82, 2.24) is 4.90 Å². The minimum Gasteiger partial charge on any atom is -0.507 e. The average molecular weight is 470 g/mol. The summed E-state index contributed by atoms with van der Waals surface area (Å²) in [5, 5.41) is 10.9. The van der Waals surface area contributed by atoms with Crippen LogP contribution in [0.3, 0.4) is 0 Å². The molecule has 1 atom stereocenters. The Balaban J connectivity index is 1.87. The molecule has 1 saturated heterocycles. The molecule has 1 amide bonds. The third kappa shape index (κ3) is 3.57. The Hall–Kier alpha value is -3.19. The van der Waals surface area contributed by atoms with Crippen LogP contribution in [0, 0.1) is 12.7 Å². The molecule has 0 unspecified atom stereocenters. The molecule has 0 saturated carbocycles. The van der Waals surface area contributed by atoms with Crippen molar-refractivity contribution < 1.29 is 23.5 Å². The zero-order chi connectivity index (χ0) is 21.4. The maximum Gasteiger partial charge on any atom is 0.296 e. The minimum absolute atomic E-state index is 0.0529. The van der Waals surface area contributed by atoms with Gasteiger partial charge in [0.15, 0.2) is 0 Å². The second-order valence-electron chi connectivity index (χ2n) is 7.02. The van der Waals surface area contributed by atoms with E-state index >= 15 is 0 Å². The fourth-order valence-electron chi connectivity index (χ4n) is 3.50. The summed E-state index contributed by atoms with van der Waals surface area (Å²) >= 11 is 3.37. The van der Waals surface area contributed by atoms with Gasteiger partial charge in [0.25, 0.3) is 11.7 Å². The van der Waals surface area contributed by atoms with Gasteiger partial charge in [0.2, 0.25) is 0 Å². The van der Waals surface area contributed by atoms with E-state index in [-0.39, 0.29) is 17.7 Å². The van der Waals surface area contributed by atoms with E-state index in [0.29, 0.717) is 16.9 Å². The smallest absolute Gasteiger partial charge is 0.296 e. The first-order chi connectivity index (χ1) is 14.4. The minimum atomic E-state index is -0.840. The van der Waals surface area contributed by atoms with E-state index in [9.17, 15) is 19.1 Å². The van der Waals surface area contributed by atoms with Crippen molar-refractivity contribution >= 4 is 33.4 Å². The SMILES string of the molecule is Cc1ccc(C(O)=C2C(=O)C(=O)N(Cc3ccco3)[C@@H]2c2ccc(Br)cc2)cc1F. The highest BCUT2D eigenvalue weighted by molar-refractivity contribution is 9.10. The second kappa shape index (κ2) is 7.91. The summed E-state index contributed by atoms with van der Waals surface area (Å²) in [5.41, 5.74) is 1.10. The van der Waals surface area contributed by atoms with E-state index in [1.807, 2.05) is 0 Å². The average Bonchev–Trinajstić information content (AvgIpc) is 3.33. The molecule has 0 aliphatic carbocycles. The topological polar surface area (TPSA) is 70.8 Å². The molecule has 4 rings (SSSR count). The van der Waals surface area contributed by atoms with Crippen LogP contribution in [-0.4, -0.2) is 21.7 Å². The number of aliphatic hydroxyl groups excluding tert-OH is 1. The lowest BCUT2D eigenvalue weighted by Crippen LogP contribution is -2.29. The van der Waals surface area contributed by atoms with E-state index in [1.165, 1.54) is 23.3 Å². The third-order valence-corrected chi connectivity index (χ3v) is 5.61. The number of amides is 1. The van der Waals surface area contributed by atoms with Crippen molar-refractivity contribution in [3.8, 4) is 0 Å². The van der Waals surface area contributed by atoms with Crippen molar-refractivity contribution in [3.05, 3.63) is 99.2 Å². The van der Waals surface area contributed by atoms with Crippen LogP contribution in [0.4, 0.5) is 4.39 Å². The third-order valence-electron chi connectivity index (χ3n) is 5.08. The van der Waals surface area contributed by atoms with Gasteiger partial charge in [0, 0.05) is 10.0 Å². The Kier molecular flexibility index (Phi) is 5.30. The molecule has 0 spiro atoms. The van der Waals surface area contributed by atoms with Gasteiger partial charge in [-0.3, -0.25) is 9.59 Å². The van der Waals surface area contributed by atoms with Gasteiger partial charge >= 0.3 is 0 Å². The standard InChI is InChI=1S/C23H17BrFNO4/c1-13-4-5-15(11-18(13)25)21(27)19-20(14-6-8-16(24)9-7-14)26(23(29)22(19)28)12-17-3-2-10-30-17/h2-11,20,27H,12H2,1H3/t20-/m1/s1. The van der Waals surface area contributed by atoms with Gasteiger partial charge in [-0.1, -0.05) is 40.2 Å². The number of Topliss-reactive ketones (excluding diaryl/α,β-unsaturated/α-hetero) is 1. The Labute approximate surface area is 180 Å². The molecule has 3 aromatic rings. The van der Waals surface area contributed by atoms with Crippen molar-refractivity contribution in [2.45, 2.75) is 19.5 Å². The summed E-state index contributed by atoms with van der Waals surface area (Å²) in [6, 6.07) is 13.8. The number of carbonyl (C=O) groups is 2. The maximum absolute atomic E-state index is 14.1.